The Morgan fingerprint density at radius 1 is 1.26 bits per heavy atom. The first-order valence-electron chi connectivity index (χ1n) is 10.6. The summed E-state index contributed by atoms with van der Waals surface area (Å²) in [5.41, 5.74) is 7.36. The number of methoxy groups -OCH3 is 2. The number of fused-ring (bicyclic) bond motifs is 1. The fourth-order valence-electron chi connectivity index (χ4n) is 3.64. The number of allylic oxidation sites excluding steroid dienone is 1. The van der Waals surface area contributed by atoms with Gasteiger partial charge in [0.25, 0.3) is 0 Å². The molecule has 1 aliphatic carbocycles. The number of nitrogens with zero attached hydrogens (tertiary/aromatic N) is 2. The molecule has 1 aromatic heterocycles. The van der Waals surface area contributed by atoms with Crippen LogP contribution in [0.2, 0.25) is 0 Å². The van der Waals surface area contributed by atoms with E-state index in [0.29, 0.717) is 27.9 Å². The smallest absolute Gasteiger partial charge is 0.337 e. The third-order valence-corrected chi connectivity index (χ3v) is 7.00. The van der Waals surface area contributed by atoms with E-state index in [1.54, 1.807) is 18.2 Å². The molecule has 9 nitrogen and oxygen atoms in total. The lowest BCUT2D eigenvalue weighted by atomic mass is 10.00. The van der Waals surface area contributed by atoms with E-state index in [2.05, 4.69) is 9.71 Å². The minimum absolute atomic E-state index is 0.0461. The fourth-order valence-corrected chi connectivity index (χ4v) is 4.97. The SMILES string of the molecule is COC(=O)c1cc(-c2cc(S(=O)(=O)NC3CC3)ccc2OC)c2ncn(CC(F)=CCN)c2c1. The molecule has 0 radical (unpaired) electrons. The molecule has 1 aliphatic rings. The first-order valence-corrected chi connectivity index (χ1v) is 12.1. The topological polar surface area (TPSA) is 126 Å². The fraction of sp³-hybridized carbons (Fsp3) is 0.304. The van der Waals surface area contributed by atoms with Crippen LogP contribution in [0, 0.1) is 0 Å². The van der Waals surface area contributed by atoms with Crippen LogP contribution in [0.4, 0.5) is 4.39 Å². The Bertz CT molecular complexity index is 1380. The number of aromatic nitrogens is 2. The van der Waals surface area contributed by atoms with E-state index in [1.165, 1.54) is 43.3 Å². The lowest BCUT2D eigenvalue weighted by Gasteiger charge is -2.14. The molecule has 34 heavy (non-hydrogen) atoms. The van der Waals surface area contributed by atoms with Crippen molar-refractivity contribution in [2.75, 3.05) is 20.8 Å². The quantitative estimate of drug-likeness (QED) is 0.444. The van der Waals surface area contributed by atoms with E-state index in [0.717, 1.165) is 12.8 Å². The summed E-state index contributed by atoms with van der Waals surface area (Å²) in [4.78, 5) is 16.9. The van der Waals surface area contributed by atoms with E-state index in [1.807, 2.05) is 0 Å². The number of ether oxygens (including phenoxy) is 2. The molecule has 3 aromatic rings. The van der Waals surface area contributed by atoms with E-state index in [4.69, 9.17) is 15.2 Å². The predicted octanol–water partition coefficient (Wildman–Crippen LogP) is 2.75. The lowest BCUT2D eigenvalue weighted by molar-refractivity contribution is 0.0601. The molecule has 2 aromatic carbocycles. The number of hydrogen-bond donors (Lipinski definition) is 2. The number of esters is 1. The van der Waals surface area contributed by atoms with Crippen LogP contribution in [0.1, 0.15) is 23.2 Å². The second kappa shape index (κ2) is 9.53. The Labute approximate surface area is 196 Å². The largest absolute Gasteiger partial charge is 0.496 e. The van der Waals surface area contributed by atoms with Gasteiger partial charge in [-0.25, -0.2) is 27.3 Å². The Morgan fingerprint density at radius 2 is 2.03 bits per heavy atom. The number of carbonyl (C=O) groups excluding carboxylic acids is 1. The summed E-state index contributed by atoms with van der Waals surface area (Å²) >= 11 is 0. The van der Waals surface area contributed by atoms with Crippen molar-refractivity contribution >= 4 is 27.0 Å². The molecule has 180 valence electrons. The van der Waals surface area contributed by atoms with Crippen molar-refractivity contribution in [3.8, 4) is 16.9 Å². The van der Waals surface area contributed by atoms with Crippen molar-refractivity contribution in [2.45, 2.75) is 30.3 Å². The highest BCUT2D eigenvalue weighted by Gasteiger charge is 2.29. The Hall–Kier alpha value is -3.28. The molecule has 1 fully saturated rings. The van der Waals surface area contributed by atoms with Crippen molar-refractivity contribution in [3.05, 3.63) is 54.1 Å². The molecular weight excluding hydrogens is 463 g/mol. The second-order valence-electron chi connectivity index (χ2n) is 7.90. The summed E-state index contributed by atoms with van der Waals surface area (Å²) in [6, 6.07) is 7.54. The molecule has 0 bridgehead atoms. The molecule has 0 aliphatic heterocycles. The van der Waals surface area contributed by atoms with E-state index < -0.39 is 21.8 Å². The molecule has 0 unspecified atom stereocenters. The highest BCUT2D eigenvalue weighted by molar-refractivity contribution is 7.89. The first-order chi connectivity index (χ1) is 16.3. The van der Waals surface area contributed by atoms with Gasteiger partial charge in [-0.05, 0) is 49.2 Å². The summed E-state index contributed by atoms with van der Waals surface area (Å²) < 4.78 is 54.4. The van der Waals surface area contributed by atoms with Crippen molar-refractivity contribution in [1.82, 2.24) is 14.3 Å². The van der Waals surface area contributed by atoms with Gasteiger partial charge in [-0.15, -0.1) is 0 Å². The number of halogens is 1. The van der Waals surface area contributed by atoms with Gasteiger partial charge in [-0.1, -0.05) is 0 Å². The first kappa shape index (κ1) is 23.9. The predicted molar refractivity (Wildman–Crippen MR) is 125 cm³/mol. The summed E-state index contributed by atoms with van der Waals surface area (Å²) in [6.07, 6.45) is 4.30. The summed E-state index contributed by atoms with van der Waals surface area (Å²) in [5, 5.41) is 0. The number of carbonyl (C=O) groups is 1. The summed E-state index contributed by atoms with van der Waals surface area (Å²) in [7, 11) is -1.03. The number of sulfonamides is 1. The maximum absolute atomic E-state index is 14.2. The molecule has 1 saturated carbocycles. The molecular formula is C23H25FN4O5S. The number of benzene rings is 2. The van der Waals surface area contributed by atoms with E-state index >= 15 is 0 Å². The Kier molecular flexibility index (Phi) is 6.69. The van der Waals surface area contributed by atoms with Gasteiger partial charge in [0.1, 0.15) is 11.6 Å². The van der Waals surface area contributed by atoms with Gasteiger partial charge in [0.05, 0.1) is 48.6 Å². The normalized spacial score (nSPS) is 14.4. The average Bonchev–Trinajstić information content (AvgIpc) is 3.54. The molecule has 3 N–H and O–H groups in total. The minimum atomic E-state index is -3.75. The standard InChI is InChI=1S/C23H25FN4O5S/c1-32-21-6-5-17(34(30,31)27-16-3-4-16)11-18(21)19-9-14(23(29)33-2)10-20-22(19)26-13-28(20)12-15(24)7-8-25/h5-7,9-11,13,16,27H,3-4,8,12,25H2,1-2H3. The Balaban J connectivity index is 1.92. The maximum Gasteiger partial charge on any atom is 0.337 e. The number of nitrogens with two attached hydrogens (primary N) is 1. The summed E-state index contributed by atoms with van der Waals surface area (Å²) in [5.74, 6) is -0.673. The van der Waals surface area contributed by atoms with Crippen LogP contribution < -0.4 is 15.2 Å². The number of hydrogen-bond acceptors (Lipinski definition) is 7. The monoisotopic (exact) mass is 488 g/mol. The van der Waals surface area contributed by atoms with Crippen LogP contribution in [0.25, 0.3) is 22.2 Å². The molecule has 0 atom stereocenters. The summed E-state index contributed by atoms with van der Waals surface area (Å²) in [6.45, 7) is -0.0842. The lowest BCUT2D eigenvalue weighted by Crippen LogP contribution is -2.25. The van der Waals surface area contributed by atoms with Gasteiger partial charge in [0, 0.05) is 23.7 Å². The molecule has 0 spiro atoms. The van der Waals surface area contributed by atoms with Crippen molar-refractivity contribution in [1.29, 1.82) is 0 Å². The van der Waals surface area contributed by atoms with Gasteiger partial charge in [0.15, 0.2) is 0 Å². The van der Waals surface area contributed by atoms with E-state index in [-0.39, 0.29) is 29.6 Å². The van der Waals surface area contributed by atoms with Crippen LogP contribution in [0.15, 0.2) is 53.5 Å². The van der Waals surface area contributed by atoms with Crippen LogP contribution in [-0.4, -0.2) is 50.7 Å². The van der Waals surface area contributed by atoms with Gasteiger partial charge < -0.3 is 19.8 Å². The van der Waals surface area contributed by atoms with Crippen LogP contribution in [-0.2, 0) is 21.3 Å². The molecule has 11 heteroatoms. The zero-order valence-electron chi connectivity index (χ0n) is 18.7. The van der Waals surface area contributed by atoms with Crippen molar-refractivity contribution in [3.63, 3.8) is 0 Å². The third-order valence-electron chi connectivity index (χ3n) is 5.48. The van der Waals surface area contributed by atoms with Gasteiger partial charge in [-0.2, -0.15) is 0 Å². The van der Waals surface area contributed by atoms with Crippen LogP contribution >= 0.6 is 0 Å². The van der Waals surface area contributed by atoms with Gasteiger partial charge in [-0.3, -0.25) is 0 Å². The maximum atomic E-state index is 14.2. The average molecular weight is 489 g/mol. The number of nitrogens with one attached hydrogen (secondary N) is 1. The van der Waals surface area contributed by atoms with Crippen molar-refractivity contribution < 1.29 is 27.1 Å². The highest BCUT2D eigenvalue weighted by atomic mass is 32.2. The number of rotatable bonds is 9. The zero-order valence-corrected chi connectivity index (χ0v) is 19.6. The van der Waals surface area contributed by atoms with E-state index in [9.17, 15) is 17.6 Å². The van der Waals surface area contributed by atoms with Crippen molar-refractivity contribution in [2.24, 2.45) is 5.73 Å². The van der Waals surface area contributed by atoms with Crippen LogP contribution in [0.5, 0.6) is 5.75 Å². The molecule has 0 saturated heterocycles. The molecule has 4 rings (SSSR count). The number of imidazole rings is 1. The zero-order chi connectivity index (χ0) is 24.5. The highest BCUT2D eigenvalue weighted by Crippen LogP contribution is 2.37. The molecule has 0 amide bonds. The van der Waals surface area contributed by atoms with Gasteiger partial charge in [0.2, 0.25) is 10.0 Å². The van der Waals surface area contributed by atoms with Crippen LogP contribution in [0.3, 0.4) is 0 Å². The third kappa shape index (κ3) is 4.81. The minimum Gasteiger partial charge on any atom is -0.496 e. The molecule has 1 heterocycles. The second-order valence-corrected chi connectivity index (χ2v) is 9.61. The van der Waals surface area contributed by atoms with Gasteiger partial charge >= 0.3 is 5.97 Å². The Morgan fingerprint density at radius 3 is 2.68 bits per heavy atom.